The first-order chi connectivity index (χ1) is 10.4. The van der Waals surface area contributed by atoms with E-state index in [9.17, 15) is 18.7 Å². The lowest BCUT2D eigenvalue weighted by atomic mass is 9.91. The molecule has 1 aliphatic heterocycles. The minimum atomic E-state index is -0.658. The number of aliphatic hydroxyl groups excluding tert-OH is 1. The van der Waals surface area contributed by atoms with Crippen LogP contribution in [0.15, 0.2) is 18.2 Å². The number of anilines is 1. The SMILES string of the molecule is CC(O)C1CCN(C(C)C(=O)Nc2cc(F)ccc2F)CC1. The van der Waals surface area contributed by atoms with E-state index in [0.29, 0.717) is 13.1 Å². The summed E-state index contributed by atoms with van der Waals surface area (Å²) in [6, 6.07) is 2.54. The van der Waals surface area contributed by atoms with Crippen molar-refractivity contribution in [1.82, 2.24) is 4.90 Å². The second kappa shape index (κ2) is 7.15. The lowest BCUT2D eigenvalue weighted by Crippen LogP contribution is -2.47. The molecule has 0 aliphatic carbocycles. The van der Waals surface area contributed by atoms with E-state index < -0.39 is 17.7 Å². The Morgan fingerprint density at radius 2 is 1.95 bits per heavy atom. The van der Waals surface area contributed by atoms with E-state index in [1.807, 2.05) is 4.90 Å². The summed E-state index contributed by atoms with van der Waals surface area (Å²) in [6.45, 7) is 4.93. The first kappa shape index (κ1) is 16.8. The van der Waals surface area contributed by atoms with Gasteiger partial charge in [0.2, 0.25) is 5.91 Å². The zero-order chi connectivity index (χ0) is 16.3. The number of hydrogen-bond acceptors (Lipinski definition) is 3. The highest BCUT2D eigenvalue weighted by Gasteiger charge is 2.28. The van der Waals surface area contributed by atoms with Gasteiger partial charge in [0.05, 0.1) is 17.8 Å². The standard InChI is InChI=1S/C16H22F2N2O2/c1-10(20-7-5-12(6-8-20)11(2)21)16(22)19-15-9-13(17)3-4-14(15)18/h3-4,9-12,21H,5-8H2,1-2H3,(H,19,22). The van der Waals surface area contributed by atoms with Gasteiger partial charge in [0, 0.05) is 6.07 Å². The molecule has 0 bridgehead atoms. The number of nitrogens with zero attached hydrogens (tertiary/aromatic N) is 1. The van der Waals surface area contributed by atoms with E-state index in [1.54, 1.807) is 13.8 Å². The smallest absolute Gasteiger partial charge is 0.241 e. The molecule has 1 fully saturated rings. The van der Waals surface area contributed by atoms with Crippen LogP contribution in [-0.4, -0.2) is 41.1 Å². The summed E-state index contributed by atoms with van der Waals surface area (Å²) in [4.78, 5) is 14.2. The Kier molecular flexibility index (Phi) is 5.47. The van der Waals surface area contributed by atoms with Gasteiger partial charge in [-0.25, -0.2) is 8.78 Å². The van der Waals surface area contributed by atoms with Crippen LogP contribution in [0.2, 0.25) is 0 Å². The van der Waals surface area contributed by atoms with Gasteiger partial charge in [0.25, 0.3) is 0 Å². The number of hydrogen-bond donors (Lipinski definition) is 2. The maximum absolute atomic E-state index is 13.6. The van der Waals surface area contributed by atoms with E-state index in [1.165, 1.54) is 0 Å². The molecule has 0 aromatic heterocycles. The van der Waals surface area contributed by atoms with Crippen molar-refractivity contribution in [2.24, 2.45) is 5.92 Å². The lowest BCUT2D eigenvalue weighted by Gasteiger charge is -2.36. The van der Waals surface area contributed by atoms with Gasteiger partial charge in [0.1, 0.15) is 11.6 Å². The molecule has 1 heterocycles. The molecule has 1 saturated heterocycles. The average molecular weight is 312 g/mol. The fourth-order valence-electron chi connectivity index (χ4n) is 2.79. The first-order valence-corrected chi connectivity index (χ1v) is 7.56. The minimum Gasteiger partial charge on any atom is -0.393 e. The monoisotopic (exact) mass is 312 g/mol. The second-order valence-electron chi connectivity index (χ2n) is 5.90. The molecule has 1 aliphatic rings. The number of likely N-dealkylation sites (tertiary alicyclic amines) is 1. The number of carbonyl (C=O) groups excluding carboxylic acids is 1. The largest absolute Gasteiger partial charge is 0.393 e. The maximum atomic E-state index is 13.6. The molecule has 1 aromatic carbocycles. The van der Waals surface area contributed by atoms with Crippen molar-refractivity contribution in [1.29, 1.82) is 0 Å². The van der Waals surface area contributed by atoms with Crippen molar-refractivity contribution in [3.63, 3.8) is 0 Å². The molecule has 2 rings (SSSR count). The van der Waals surface area contributed by atoms with Crippen molar-refractivity contribution in [3.05, 3.63) is 29.8 Å². The number of aliphatic hydroxyl groups is 1. The highest BCUT2D eigenvalue weighted by molar-refractivity contribution is 5.94. The molecule has 0 spiro atoms. The molecule has 22 heavy (non-hydrogen) atoms. The topological polar surface area (TPSA) is 52.6 Å². The van der Waals surface area contributed by atoms with Gasteiger partial charge in [-0.05, 0) is 57.8 Å². The molecule has 0 saturated carbocycles. The summed E-state index contributed by atoms with van der Waals surface area (Å²) < 4.78 is 26.7. The van der Waals surface area contributed by atoms with Crippen LogP contribution in [0.25, 0.3) is 0 Å². The average Bonchev–Trinajstić information content (AvgIpc) is 2.50. The van der Waals surface area contributed by atoms with E-state index in [-0.39, 0.29) is 23.6 Å². The number of amides is 1. The minimum absolute atomic E-state index is 0.143. The van der Waals surface area contributed by atoms with Gasteiger partial charge in [0.15, 0.2) is 0 Å². The number of rotatable bonds is 4. The van der Waals surface area contributed by atoms with Crippen molar-refractivity contribution < 1.29 is 18.7 Å². The molecular weight excluding hydrogens is 290 g/mol. The lowest BCUT2D eigenvalue weighted by molar-refractivity contribution is -0.121. The first-order valence-electron chi connectivity index (χ1n) is 7.56. The van der Waals surface area contributed by atoms with Crippen molar-refractivity contribution >= 4 is 11.6 Å². The van der Waals surface area contributed by atoms with Gasteiger partial charge < -0.3 is 10.4 Å². The summed E-state index contributed by atoms with van der Waals surface area (Å²) in [5.74, 6) is -1.36. The van der Waals surface area contributed by atoms with Crippen LogP contribution in [0.4, 0.5) is 14.5 Å². The molecule has 4 nitrogen and oxygen atoms in total. The van der Waals surface area contributed by atoms with E-state index in [0.717, 1.165) is 31.0 Å². The molecule has 1 amide bonds. The third kappa shape index (κ3) is 4.01. The predicted octanol–water partition coefficient (Wildman–Crippen LogP) is 2.38. The normalized spacial score (nSPS) is 19.7. The number of halogens is 2. The van der Waals surface area contributed by atoms with Crippen LogP contribution in [0.1, 0.15) is 26.7 Å². The van der Waals surface area contributed by atoms with E-state index in [2.05, 4.69) is 5.32 Å². The van der Waals surface area contributed by atoms with Gasteiger partial charge in [-0.3, -0.25) is 9.69 Å². The third-order valence-corrected chi connectivity index (χ3v) is 4.37. The molecular formula is C16H22F2N2O2. The Morgan fingerprint density at radius 3 is 2.55 bits per heavy atom. The quantitative estimate of drug-likeness (QED) is 0.897. The number of benzene rings is 1. The Bertz CT molecular complexity index is 529. The number of nitrogens with one attached hydrogen (secondary N) is 1. The maximum Gasteiger partial charge on any atom is 0.241 e. The third-order valence-electron chi connectivity index (χ3n) is 4.37. The second-order valence-corrected chi connectivity index (χ2v) is 5.90. The molecule has 2 atom stereocenters. The summed E-state index contributed by atoms with van der Waals surface area (Å²) >= 11 is 0. The zero-order valence-corrected chi connectivity index (χ0v) is 12.9. The molecule has 0 radical (unpaired) electrons. The van der Waals surface area contributed by atoms with Gasteiger partial charge in [-0.2, -0.15) is 0 Å². The molecule has 2 unspecified atom stereocenters. The Balaban J connectivity index is 1.94. The summed E-state index contributed by atoms with van der Waals surface area (Å²) in [5.41, 5.74) is -0.143. The summed E-state index contributed by atoms with van der Waals surface area (Å²) in [6.07, 6.45) is 1.31. The predicted molar refractivity (Wildman–Crippen MR) is 80.4 cm³/mol. The van der Waals surface area contributed by atoms with Crippen molar-refractivity contribution in [2.45, 2.75) is 38.8 Å². The molecule has 2 N–H and O–H groups in total. The van der Waals surface area contributed by atoms with E-state index >= 15 is 0 Å². The Labute approximate surface area is 129 Å². The van der Waals surface area contributed by atoms with Gasteiger partial charge in [-0.1, -0.05) is 0 Å². The van der Waals surface area contributed by atoms with Crippen molar-refractivity contribution in [2.75, 3.05) is 18.4 Å². The van der Waals surface area contributed by atoms with Gasteiger partial charge >= 0.3 is 0 Å². The molecule has 122 valence electrons. The van der Waals surface area contributed by atoms with Crippen LogP contribution in [0.3, 0.4) is 0 Å². The highest BCUT2D eigenvalue weighted by Crippen LogP contribution is 2.23. The highest BCUT2D eigenvalue weighted by atomic mass is 19.1. The fraction of sp³-hybridized carbons (Fsp3) is 0.562. The molecule has 1 aromatic rings. The Morgan fingerprint density at radius 1 is 1.32 bits per heavy atom. The number of piperidine rings is 1. The van der Waals surface area contributed by atoms with Crippen LogP contribution >= 0.6 is 0 Å². The summed E-state index contributed by atoms with van der Waals surface area (Å²) in [5, 5.41) is 12.0. The van der Waals surface area contributed by atoms with Crippen LogP contribution in [-0.2, 0) is 4.79 Å². The van der Waals surface area contributed by atoms with Crippen LogP contribution < -0.4 is 5.32 Å². The van der Waals surface area contributed by atoms with Crippen LogP contribution in [0, 0.1) is 17.6 Å². The number of carbonyl (C=O) groups is 1. The molecule has 6 heteroatoms. The van der Waals surface area contributed by atoms with Crippen molar-refractivity contribution in [3.8, 4) is 0 Å². The summed E-state index contributed by atoms with van der Waals surface area (Å²) in [7, 11) is 0. The Hall–Kier alpha value is -1.53. The fourth-order valence-corrected chi connectivity index (χ4v) is 2.79. The van der Waals surface area contributed by atoms with Crippen LogP contribution in [0.5, 0.6) is 0 Å². The van der Waals surface area contributed by atoms with Gasteiger partial charge in [-0.15, -0.1) is 0 Å². The van der Waals surface area contributed by atoms with E-state index in [4.69, 9.17) is 0 Å². The zero-order valence-electron chi connectivity index (χ0n) is 12.9.